The first-order chi connectivity index (χ1) is 7.57. The van der Waals surface area contributed by atoms with Crippen LogP contribution in [0.4, 0.5) is 5.69 Å². The smallest absolute Gasteiger partial charge is 0.0341 e. The molecule has 2 nitrogen and oxygen atoms in total. The summed E-state index contributed by atoms with van der Waals surface area (Å²) >= 11 is 1.89. The molecule has 0 heterocycles. The Morgan fingerprint density at radius 3 is 2.44 bits per heavy atom. The number of benzene rings is 1. The molecular weight excluding hydrogens is 216 g/mol. The van der Waals surface area contributed by atoms with Crippen LogP contribution in [-0.2, 0) is 0 Å². The molecule has 1 aromatic carbocycles. The predicted octanol–water partition coefficient (Wildman–Crippen LogP) is 3.09. The molecule has 0 saturated heterocycles. The van der Waals surface area contributed by atoms with E-state index >= 15 is 0 Å². The van der Waals surface area contributed by atoms with Gasteiger partial charge in [0, 0.05) is 27.9 Å². The van der Waals surface area contributed by atoms with Gasteiger partial charge in [-0.25, -0.2) is 0 Å². The van der Waals surface area contributed by atoms with Gasteiger partial charge >= 0.3 is 0 Å². The van der Waals surface area contributed by atoms with Crippen LogP contribution in [-0.4, -0.2) is 17.3 Å². The highest BCUT2D eigenvalue weighted by Gasteiger charge is 2.37. The molecular formula is C13H20N2S. The minimum atomic E-state index is 0.0748. The second-order valence-corrected chi connectivity index (χ2v) is 6.56. The maximum absolute atomic E-state index is 6.02. The lowest BCUT2D eigenvalue weighted by molar-refractivity contribution is 0.713. The van der Waals surface area contributed by atoms with Crippen LogP contribution < -0.4 is 11.1 Å². The van der Waals surface area contributed by atoms with Gasteiger partial charge in [0.1, 0.15) is 0 Å². The van der Waals surface area contributed by atoms with Crippen molar-refractivity contribution in [2.24, 2.45) is 5.73 Å². The molecule has 0 amide bonds. The van der Waals surface area contributed by atoms with E-state index in [4.69, 9.17) is 5.73 Å². The standard InChI is InChI=1S/C13H20N2S/c1-10(2)16-12-5-3-11(4-6-12)15-9-13(14)7-8-13/h3-6,10,15H,7-9,14H2,1-2H3. The third kappa shape index (κ3) is 3.42. The van der Waals surface area contributed by atoms with Crippen molar-refractivity contribution < 1.29 is 0 Å². The van der Waals surface area contributed by atoms with E-state index in [9.17, 15) is 0 Å². The number of rotatable bonds is 5. The fourth-order valence-corrected chi connectivity index (χ4v) is 2.38. The van der Waals surface area contributed by atoms with Gasteiger partial charge in [-0.3, -0.25) is 0 Å². The lowest BCUT2D eigenvalue weighted by atomic mass is 10.2. The summed E-state index contributed by atoms with van der Waals surface area (Å²) < 4.78 is 0. The zero-order chi connectivity index (χ0) is 11.6. The SMILES string of the molecule is CC(C)Sc1ccc(NCC2(N)CC2)cc1. The number of hydrogen-bond donors (Lipinski definition) is 2. The van der Waals surface area contributed by atoms with Gasteiger partial charge in [-0.2, -0.15) is 0 Å². The molecule has 16 heavy (non-hydrogen) atoms. The van der Waals surface area contributed by atoms with Crippen molar-refractivity contribution in [2.75, 3.05) is 11.9 Å². The zero-order valence-electron chi connectivity index (χ0n) is 9.99. The van der Waals surface area contributed by atoms with Crippen LogP contribution in [0.5, 0.6) is 0 Å². The largest absolute Gasteiger partial charge is 0.383 e. The highest BCUT2D eigenvalue weighted by atomic mass is 32.2. The van der Waals surface area contributed by atoms with Gasteiger partial charge in [-0.1, -0.05) is 13.8 Å². The maximum Gasteiger partial charge on any atom is 0.0341 e. The Hall–Kier alpha value is -0.670. The van der Waals surface area contributed by atoms with Crippen molar-refractivity contribution in [3.05, 3.63) is 24.3 Å². The molecule has 0 spiro atoms. The summed E-state index contributed by atoms with van der Waals surface area (Å²) in [6, 6.07) is 8.61. The molecule has 1 aromatic rings. The van der Waals surface area contributed by atoms with Crippen LogP contribution in [0.3, 0.4) is 0 Å². The number of nitrogens with two attached hydrogens (primary N) is 1. The maximum atomic E-state index is 6.02. The lowest BCUT2D eigenvalue weighted by Gasteiger charge is -2.12. The fourth-order valence-electron chi connectivity index (χ4n) is 1.54. The van der Waals surface area contributed by atoms with Gasteiger partial charge in [0.25, 0.3) is 0 Å². The highest BCUT2D eigenvalue weighted by molar-refractivity contribution is 7.99. The third-order valence-corrected chi connectivity index (χ3v) is 3.78. The van der Waals surface area contributed by atoms with E-state index in [1.807, 2.05) is 11.8 Å². The quantitative estimate of drug-likeness (QED) is 0.772. The van der Waals surface area contributed by atoms with Crippen LogP contribution in [0, 0.1) is 0 Å². The molecule has 2 rings (SSSR count). The molecule has 88 valence electrons. The van der Waals surface area contributed by atoms with Crippen molar-refractivity contribution in [1.82, 2.24) is 0 Å². The summed E-state index contributed by atoms with van der Waals surface area (Å²) in [5.41, 5.74) is 7.27. The molecule has 0 aliphatic heterocycles. The van der Waals surface area contributed by atoms with Crippen molar-refractivity contribution in [3.63, 3.8) is 0 Å². The monoisotopic (exact) mass is 236 g/mol. The molecule has 0 bridgehead atoms. The van der Waals surface area contributed by atoms with Crippen molar-refractivity contribution in [1.29, 1.82) is 0 Å². The number of anilines is 1. The molecule has 3 heteroatoms. The van der Waals surface area contributed by atoms with Crippen LogP contribution in [0.25, 0.3) is 0 Å². The fraction of sp³-hybridized carbons (Fsp3) is 0.538. The van der Waals surface area contributed by atoms with Gasteiger partial charge < -0.3 is 11.1 Å². The van der Waals surface area contributed by atoms with Crippen LogP contribution >= 0.6 is 11.8 Å². The van der Waals surface area contributed by atoms with Crippen molar-refractivity contribution >= 4 is 17.4 Å². The molecule has 3 N–H and O–H groups in total. The minimum Gasteiger partial charge on any atom is -0.383 e. The van der Waals surface area contributed by atoms with E-state index < -0.39 is 0 Å². The first-order valence-electron chi connectivity index (χ1n) is 5.87. The summed E-state index contributed by atoms with van der Waals surface area (Å²) in [6.07, 6.45) is 2.31. The zero-order valence-corrected chi connectivity index (χ0v) is 10.8. The van der Waals surface area contributed by atoms with Gasteiger partial charge in [0.2, 0.25) is 0 Å². The Kier molecular flexibility index (Phi) is 3.45. The second-order valence-electron chi connectivity index (χ2n) is 4.91. The Bertz CT molecular complexity index is 341. The predicted molar refractivity (Wildman–Crippen MR) is 72.1 cm³/mol. The van der Waals surface area contributed by atoms with Gasteiger partial charge in [0.05, 0.1) is 0 Å². The molecule has 1 aliphatic rings. The van der Waals surface area contributed by atoms with Crippen LogP contribution in [0.2, 0.25) is 0 Å². The summed E-state index contributed by atoms with van der Waals surface area (Å²) in [5, 5.41) is 4.03. The number of thioether (sulfide) groups is 1. The van der Waals surface area contributed by atoms with E-state index in [2.05, 4.69) is 43.4 Å². The average molecular weight is 236 g/mol. The van der Waals surface area contributed by atoms with Gasteiger partial charge in [0.15, 0.2) is 0 Å². The summed E-state index contributed by atoms with van der Waals surface area (Å²) in [6.45, 7) is 5.31. The summed E-state index contributed by atoms with van der Waals surface area (Å²) in [7, 11) is 0. The second kappa shape index (κ2) is 4.68. The van der Waals surface area contributed by atoms with E-state index in [-0.39, 0.29) is 5.54 Å². The summed E-state index contributed by atoms with van der Waals surface area (Å²) in [5.74, 6) is 0. The average Bonchev–Trinajstić information content (AvgIpc) is 2.96. The molecule has 1 aliphatic carbocycles. The molecule has 1 saturated carbocycles. The summed E-state index contributed by atoms with van der Waals surface area (Å²) in [4.78, 5) is 1.33. The van der Waals surface area contributed by atoms with Crippen molar-refractivity contribution in [2.45, 2.75) is 42.4 Å². The number of nitrogens with one attached hydrogen (secondary N) is 1. The van der Waals surface area contributed by atoms with E-state index in [1.54, 1.807) is 0 Å². The van der Waals surface area contributed by atoms with Crippen LogP contribution in [0.15, 0.2) is 29.2 Å². The molecule has 0 radical (unpaired) electrons. The van der Waals surface area contributed by atoms with E-state index in [1.165, 1.54) is 10.6 Å². The van der Waals surface area contributed by atoms with Gasteiger partial charge in [-0.15, -0.1) is 11.8 Å². The first-order valence-corrected chi connectivity index (χ1v) is 6.75. The Balaban J connectivity index is 1.86. The minimum absolute atomic E-state index is 0.0748. The molecule has 0 atom stereocenters. The van der Waals surface area contributed by atoms with E-state index in [0.29, 0.717) is 5.25 Å². The number of hydrogen-bond acceptors (Lipinski definition) is 3. The van der Waals surface area contributed by atoms with Gasteiger partial charge in [-0.05, 0) is 37.1 Å². The first kappa shape index (κ1) is 11.8. The Morgan fingerprint density at radius 2 is 1.94 bits per heavy atom. The Morgan fingerprint density at radius 1 is 1.31 bits per heavy atom. The molecule has 1 fully saturated rings. The highest BCUT2D eigenvalue weighted by Crippen LogP contribution is 2.32. The normalized spacial score (nSPS) is 17.5. The van der Waals surface area contributed by atoms with Crippen LogP contribution in [0.1, 0.15) is 26.7 Å². The topological polar surface area (TPSA) is 38.0 Å². The molecule has 0 aromatic heterocycles. The lowest BCUT2D eigenvalue weighted by Crippen LogP contribution is -2.30. The molecule has 0 unspecified atom stereocenters. The van der Waals surface area contributed by atoms with Crippen molar-refractivity contribution in [3.8, 4) is 0 Å². The third-order valence-electron chi connectivity index (χ3n) is 2.76. The Labute approximate surface area is 102 Å². The van der Waals surface area contributed by atoms with E-state index in [0.717, 1.165) is 19.4 Å².